The average Bonchev–Trinajstić information content (AvgIpc) is 2.99. The van der Waals surface area contributed by atoms with Gasteiger partial charge in [-0.05, 0) is 29.0 Å². The van der Waals surface area contributed by atoms with E-state index in [1.54, 1.807) is 0 Å². The molecule has 1 aliphatic rings. The Hall–Kier alpha value is -1.65. The Morgan fingerprint density at radius 2 is 2.00 bits per heavy atom. The Morgan fingerprint density at radius 1 is 1.21 bits per heavy atom. The summed E-state index contributed by atoms with van der Waals surface area (Å²) in [5.41, 5.74) is 8.63. The van der Waals surface area contributed by atoms with Gasteiger partial charge in [0.05, 0.1) is 0 Å². The predicted octanol–water partition coefficient (Wildman–Crippen LogP) is 2.33. The van der Waals surface area contributed by atoms with Crippen molar-refractivity contribution in [3.63, 3.8) is 0 Å². The first-order valence-electron chi connectivity index (χ1n) is 6.40. The lowest BCUT2D eigenvalue weighted by atomic mass is 9.99. The summed E-state index contributed by atoms with van der Waals surface area (Å²) in [6.07, 6.45) is 0.916. The quantitative estimate of drug-likeness (QED) is 0.912. The number of nitrogens with zero attached hydrogens (tertiary/aromatic N) is 1. The molecule has 2 N–H and O–H groups in total. The first-order chi connectivity index (χ1) is 9.25. The number of hydrogen-bond acceptors (Lipinski definition) is 3. The van der Waals surface area contributed by atoms with Gasteiger partial charge in [0.1, 0.15) is 6.04 Å². The highest BCUT2D eigenvalue weighted by atomic mass is 32.1. The van der Waals surface area contributed by atoms with Crippen molar-refractivity contribution in [2.75, 3.05) is 6.54 Å². The minimum atomic E-state index is -0.523. The van der Waals surface area contributed by atoms with Crippen LogP contribution in [0.4, 0.5) is 0 Å². The maximum atomic E-state index is 12.4. The van der Waals surface area contributed by atoms with Crippen LogP contribution in [0, 0.1) is 0 Å². The van der Waals surface area contributed by atoms with Crippen molar-refractivity contribution in [1.82, 2.24) is 4.90 Å². The van der Waals surface area contributed by atoms with E-state index >= 15 is 0 Å². The average molecular weight is 272 g/mol. The van der Waals surface area contributed by atoms with E-state index in [0.29, 0.717) is 6.54 Å². The molecule has 19 heavy (non-hydrogen) atoms. The van der Waals surface area contributed by atoms with Gasteiger partial charge in [0.25, 0.3) is 0 Å². The van der Waals surface area contributed by atoms with Gasteiger partial charge in [0.15, 0.2) is 0 Å². The molecule has 1 amide bonds. The molecular weight excluding hydrogens is 256 g/mol. The monoisotopic (exact) mass is 272 g/mol. The second-order valence-corrected chi connectivity index (χ2v) is 5.75. The van der Waals surface area contributed by atoms with Crippen molar-refractivity contribution >= 4 is 17.2 Å². The molecule has 0 spiro atoms. The van der Waals surface area contributed by atoms with Gasteiger partial charge < -0.3 is 10.6 Å². The Labute approximate surface area is 116 Å². The molecule has 0 radical (unpaired) electrons. The van der Waals surface area contributed by atoms with Gasteiger partial charge in [-0.3, -0.25) is 4.79 Å². The first kappa shape index (κ1) is 12.4. The Kier molecular flexibility index (Phi) is 3.36. The molecule has 0 bridgehead atoms. The van der Waals surface area contributed by atoms with Gasteiger partial charge >= 0.3 is 0 Å². The molecule has 1 aliphatic heterocycles. The fourth-order valence-corrected chi connectivity index (χ4v) is 3.19. The molecule has 2 aromatic rings. The topological polar surface area (TPSA) is 46.3 Å². The summed E-state index contributed by atoms with van der Waals surface area (Å²) in [5.74, 6) is 0.0250. The molecule has 3 rings (SSSR count). The van der Waals surface area contributed by atoms with Crippen LogP contribution in [-0.4, -0.2) is 17.4 Å². The number of benzene rings is 1. The van der Waals surface area contributed by atoms with Crippen LogP contribution in [0.1, 0.15) is 22.0 Å². The number of carbonyl (C=O) groups is 1. The minimum absolute atomic E-state index is 0.0250. The van der Waals surface area contributed by atoms with Crippen molar-refractivity contribution in [1.29, 1.82) is 0 Å². The molecule has 98 valence electrons. The van der Waals surface area contributed by atoms with E-state index in [9.17, 15) is 4.79 Å². The van der Waals surface area contributed by atoms with E-state index < -0.39 is 6.04 Å². The number of nitrogens with two attached hydrogens (primary N) is 1. The Balaban J connectivity index is 1.76. The van der Waals surface area contributed by atoms with Crippen LogP contribution >= 0.6 is 11.3 Å². The minimum Gasteiger partial charge on any atom is -0.336 e. The number of hydrogen-bond donors (Lipinski definition) is 1. The van der Waals surface area contributed by atoms with Crippen molar-refractivity contribution in [2.24, 2.45) is 5.73 Å². The van der Waals surface area contributed by atoms with Crippen LogP contribution < -0.4 is 5.73 Å². The maximum Gasteiger partial charge on any atom is 0.245 e. The zero-order chi connectivity index (χ0) is 13.2. The molecule has 0 saturated heterocycles. The maximum absolute atomic E-state index is 12.4. The second-order valence-electron chi connectivity index (χ2n) is 4.77. The SMILES string of the molecule is NC(C(=O)N1CCc2ccccc2C1)c1cccs1. The van der Waals surface area contributed by atoms with Gasteiger partial charge in [-0.25, -0.2) is 0 Å². The number of amides is 1. The van der Waals surface area contributed by atoms with Crippen LogP contribution in [0.15, 0.2) is 41.8 Å². The van der Waals surface area contributed by atoms with Crippen LogP contribution in [0.2, 0.25) is 0 Å². The van der Waals surface area contributed by atoms with Crippen molar-refractivity contribution in [2.45, 2.75) is 19.0 Å². The van der Waals surface area contributed by atoms with Crippen LogP contribution in [0.5, 0.6) is 0 Å². The molecule has 4 heteroatoms. The number of thiophene rings is 1. The zero-order valence-electron chi connectivity index (χ0n) is 10.6. The van der Waals surface area contributed by atoms with E-state index in [1.807, 2.05) is 34.5 Å². The first-order valence-corrected chi connectivity index (χ1v) is 7.28. The summed E-state index contributed by atoms with van der Waals surface area (Å²) >= 11 is 1.54. The standard InChI is InChI=1S/C15H16N2OS/c16-14(13-6-3-9-19-13)15(18)17-8-7-11-4-1-2-5-12(11)10-17/h1-6,9,14H,7-8,10,16H2. The molecule has 3 nitrogen and oxygen atoms in total. The molecule has 0 fully saturated rings. The highest BCUT2D eigenvalue weighted by molar-refractivity contribution is 7.10. The predicted molar refractivity (Wildman–Crippen MR) is 76.8 cm³/mol. The fourth-order valence-electron chi connectivity index (χ4n) is 2.47. The zero-order valence-corrected chi connectivity index (χ0v) is 11.4. The lowest BCUT2D eigenvalue weighted by Gasteiger charge is -2.30. The third-order valence-corrected chi connectivity index (χ3v) is 4.51. The Morgan fingerprint density at radius 3 is 2.74 bits per heavy atom. The van der Waals surface area contributed by atoms with Crippen LogP contribution in [0.3, 0.4) is 0 Å². The van der Waals surface area contributed by atoms with Gasteiger partial charge in [-0.2, -0.15) is 0 Å². The summed E-state index contributed by atoms with van der Waals surface area (Å²) in [6, 6.07) is 11.6. The molecule has 0 aliphatic carbocycles. The fraction of sp³-hybridized carbons (Fsp3) is 0.267. The van der Waals surface area contributed by atoms with E-state index in [2.05, 4.69) is 12.1 Å². The lowest BCUT2D eigenvalue weighted by Crippen LogP contribution is -2.41. The molecule has 1 aromatic carbocycles. The summed E-state index contributed by atoms with van der Waals surface area (Å²) in [6.45, 7) is 1.43. The van der Waals surface area contributed by atoms with E-state index in [1.165, 1.54) is 22.5 Å². The van der Waals surface area contributed by atoms with Gasteiger partial charge in [0, 0.05) is 18.0 Å². The van der Waals surface area contributed by atoms with E-state index in [4.69, 9.17) is 5.73 Å². The molecule has 1 unspecified atom stereocenters. The van der Waals surface area contributed by atoms with Gasteiger partial charge in [0.2, 0.25) is 5.91 Å². The third-order valence-electron chi connectivity index (χ3n) is 3.56. The second kappa shape index (κ2) is 5.15. The smallest absolute Gasteiger partial charge is 0.245 e. The third kappa shape index (κ3) is 2.41. The van der Waals surface area contributed by atoms with Crippen molar-refractivity contribution in [3.05, 3.63) is 57.8 Å². The highest BCUT2D eigenvalue weighted by Crippen LogP contribution is 2.23. The summed E-state index contributed by atoms with van der Waals surface area (Å²) in [7, 11) is 0. The molecule has 0 saturated carbocycles. The molecular formula is C15H16N2OS. The van der Waals surface area contributed by atoms with Crippen molar-refractivity contribution < 1.29 is 4.79 Å². The normalized spacial score (nSPS) is 15.9. The molecule has 1 aromatic heterocycles. The summed E-state index contributed by atoms with van der Waals surface area (Å²) < 4.78 is 0. The number of carbonyl (C=O) groups excluding carboxylic acids is 1. The Bertz CT molecular complexity index is 580. The van der Waals surface area contributed by atoms with Crippen molar-refractivity contribution in [3.8, 4) is 0 Å². The number of fused-ring (bicyclic) bond motifs is 1. The van der Waals surface area contributed by atoms with E-state index in [0.717, 1.165) is 17.8 Å². The highest BCUT2D eigenvalue weighted by Gasteiger charge is 2.26. The molecule has 1 atom stereocenters. The van der Waals surface area contributed by atoms with Crippen LogP contribution in [0.25, 0.3) is 0 Å². The van der Waals surface area contributed by atoms with E-state index in [-0.39, 0.29) is 5.91 Å². The van der Waals surface area contributed by atoms with Gasteiger partial charge in [-0.1, -0.05) is 30.3 Å². The summed E-state index contributed by atoms with van der Waals surface area (Å²) in [5, 5.41) is 1.95. The lowest BCUT2D eigenvalue weighted by molar-refractivity contribution is -0.133. The largest absolute Gasteiger partial charge is 0.336 e. The molecule has 2 heterocycles. The van der Waals surface area contributed by atoms with Crippen LogP contribution in [-0.2, 0) is 17.8 Å². The number of rotatable bonds is 2. The van der Waals surface area contributed by atoms with Gasteiger partial charge in [-0.15, -0.1) is 11.3 Å². The summed E-state index contributed by atoms with van der Waals surface area (Å²) in [4.78, 5) is 15.2.